The van der Waals surface area contributed by atoms with Crippen molar-refractivity contribution >= 4 is 13.6 Å². The Labute approximate surface area is 208 Å². The van der Waals surface area contributed by atoms with E-state index in [1.807, 2.05) is 0 Å². The predicted octanol–water partition coefficient (Wildman–Crippen LogP) is 7.30. The molecule has 0 saturated heterocycles. The molecule has 0 aromatic carbocycles. The van der Waals surface area contributed by atoms with Gasteiger partial charge in [-0.3, -0.25) is 13.6 Å². The van der Waals surface area contributed by atoms with Gasteiger partial charge in [0.25, 0.3) is 0 Å². The van der Waals surface area contributed by atoms with Gasteiger partial charge in [0.2, 0.25) is 0 Å². The molecule has 0 aromatic rings. The number of carbonyl (C=O) groups excluding carboxylic acids is 2. The molecule has 2 unspecified atom stereocenters. The van der Waals surface area contributed by atoms with Crippen molar-refractivity contribution in [2.24, 2.45) is 10.8 Å². The molecule has 0 N–H and O–H groups in total. The van der Waals surface area contributed by atoms with Crippen LogP contribution in [0.25, 0.3) is 21.3 Å². The van der Waals surface area contributed by atoms with Gasteiger partial charge in [0.15, 0.2) is 0 Å². The van der Waals surface area contributed by atoms with E-state index >= 15 is 0 Å². The molecule has 186 valence electrons. The summed E-state index contributed by atoms with van der Waals surface area (Å²) in [4.78, 5) is 15.5. The first-order valence-electron chi connectivity index (χ1n) is 11.1. The second kappa shape index (κ2) is 24.4. The van der Waals surface area contributed by atoms with E-state index in [0.29, 0.717) is 12.1 Å². The molecular weight excluding hydrogens is 477 g/mol. The standard InChI is InChI=1S/2C11H24N2.2CHO.Ru/c2*1-7-11(5,6)10(12-8-2)13-9(3)4;2*1-2;/h2*9-10H,7-8H2,1-6H3;2*1H;/q2*-2;2*-1;+6. The van der Waals surface area contributed by atoms with Crippen LogP contribution >= 0.6 is 0 Å². The summed E-state index contributed by atoms with van der Waals surface area (Å²) in [6.45, 7) is 34.2. The first kappa shape index (κ1) is 41.1. The van der Waals surface area contributed by atoms with E-state index in [1.165, 1.54) is 0 Å². The second-order valence-electron chi connectivity index (χ2n) is 8.91. The fraction of sp³-hybridized carbons (Fsp3) is 0.917. The SMILES string of the molecule is CC[N-]C([N-]C(C)C)C(C)(C)CC.CC[N-]C([N-]C(C)C)C(C)(C)CC.[CH-]=O.[CH-]=O.[Ru+6]. The minimum atomic E-state index is 0. The van der Waals surface area contributed by atoms with Crippen LogP contribution in [-0.2, 0) is 29.1 Å². The van der Waals surface area contributed by atoms with Crippen molar-refractivity contribution in [1.29, 1.82) is 0 Å². The molecule has 0 aliphatic heterocycles. The molecule has 0 amide bonds. The van der Waals surface area contributed by atoms with E-state index < -0.39 is 0 Å². The van der Waals surface area contributed by atoms with Gasteiger partial charge in [0.05, 0.1) is 0 Å². The van der Waals surface area contributed by atoms with E-state index in [4.69, 9.17) is 9.59 Å². The molecule has 0 spiro atoms. The van der Waals surface area contributed by atoms with Crippen LogP contribution in [0.1, 0.15) is 95.9 Å². The summed E-state index contributed by atoms with van der Waals surface area (Å²) >= 11 is 0. The predicted molar refractivity (Wildman–Crippen MR) is 134 cm³/mol. The Morgan fingerprint density at radius 1 is 0.613 bits per heavy atom. The topological polar surface area (TPSA) is 90.5 Å². The van der Waals surface area contributed by atoms with Crippen molar-refractivity contribution < 1.29 is 29.1 Å². The molecule has 6 nitrogen and oxygen atoms in total. The fourth-order valence-corrected chi connectivity index (χ4v) is 2.27. The summed E-state index contributed by atoms with van der Waals surface area (Å²) in [5.74, 6) is 0. The quantitative estimate of drug-likeness (QED) is 0.151. The maximum atomic E-state index is 7.75. The van der Waals surface area contributed by atoms with Crippen LogP contribution in [0.15, 0.2) is 0 Å². The molecule has 0 rings (SSSR count). The van der Waals surface area contributed by atoms with Crippen LogP contribution in [0.3, 0.4) is 0 Å². The Morgan fingerprint density at radius 2 is 0.839 bits per heavy atom. The van der Waals surface area contributed by atoms with Crippen molar-refractivity contribution in [2.45, 2.75) is 120 Å². The van der Waals surface area contributed by atoms with Crippen LogP contribution in [0.4, 0.5) is 0 Å². The second-order valence-corrected chi connectivity index (χ2v) is 8.91. The van der Waals surface area contributed by atoms with E-state index in [1.54, 1.807) is 0 Å². The van der Waals surface area contributed by atoms with Gasteiger partial charge in [0, 0.05) is 0 Å². The largest absolute Gasteiger partial charge is 6.00 e. The van der Waals surface area contributed by atoms with Crippen molar-refractivity contribution in [2.75, 3.05) is 13.1 Å². The summed E-state index contributed by atoms with van der Waals surface area (Å²) in [6.07, 6.45) is 2.58. The van der Waals surface area contributed by atoms with Crippen LogP contribution in [-0.4, -0.2) is 51.1 Å². The van der Waals surface area contributed by atoms with Gasteiger partial charge in [-0.25, -0.2) is 12.3 Å². The summed E-state index contributed by atoms with van der Waals surface area (Å²) in [7, 11) is 0. The number of rotatable bonds is 12. The van der Waals surface area contributed by atoms with Gasteiger partial charge in [-0.2, -0.15) is 13.1 Å². The Bertz CT molecular complexity index is 333. The molecule has 0 aromatic heterocycles. The maximum Gasteiger partial charge on any atom is 6.00 e. The summed E-state index contributed by atoms with van der Waals surface area (Å²) in [5, 5.41) is 18.4. The fourth-order valence-electron chi connectivity index (χ4n) is 2.27. The number of hydrogen-bond donors (Lipinski definition) is 0. The van der Waals surface area contributed by atoms with Gasteiger partial charge in [-0.05, 0) is 0 Å². The van der Waals surface area contributed by atoms with Gasteiger partial charge < -0.3 is 30.9 Å². The number of nitrogens with zero attached hydrogens (tertiary/aromatic N) is 4. The summed E-state index contributed by atoms with van der Waals surface area (Å²) in [6, 6.07) is 0.761. The molecule has 0 aliphatic rings. The van der Waals surface area contributed by atoms with E-state index in [0.717, 1.165) is 25.9 Å². The van der Waals surface area contributed by atoms with Crippen LogP contribution in [0.2, 0.25) is 0 Å². The summed E-state index contributed by atoms with van der Waals surface area (Å²) in [5.41, 5.74) is 0.417. The third-order valence-electron chi connectivity index (χ3n) is 4.81. The van der Waals surface area contributed by atoms with Gasteiger partial charge >= 0.3 is 19.5 Å². The summed E-state index contributed by atoms with van der Waals surface area (Å²) < 4.78 is 0. The Balaban J connectivity index is -0.000000122. The van der Waals surface area contributed by atoms with E-state index in [9.17, 15) is 0 Å². The van der Waals surface area contributed by atoms with Gasteiger partial charge in [-0.15, -0.1) is 12.1 Å². The molecular formula is C24H50N4O2Ru. The van der Waals surface area contributed by atoms with Crippen molar-refractivity contribution in [3.05, 3.63) is 21.3 Å². The van der Waals surface area contributed by atoms with Crippen LogP contribution < -0.4 is 0 Å². The van der Waals surface area contributed by atoms with Crippen LogP contribution in [0.5, 0.6) is 0 Å². The van der Waals surface area contributed by atoms with Gasteiger partial charge in [-0.1, -0.05) is 107 Å². The average molecular weight is 528 g/mol. The van der Waals surface area contributed by atoms with E-state index in [2.05, 4.69) is 118 Å². The van der Waals surface area contributed by atoms with Crippen molar-refractivity contribution in [3.8, 4) is 0 Å². The normalized spacial score (nSPS) is 12.8. The molecule has 0 saturated carbocycles. The Hall–Kier alpha value is -0.197. The first-order valence-corrected chi connectivity index (χ1v) is 11.1. The van der Waals surface area contributed by atoms with Gasteiger partial charge in [0.1, 0.15) is 0 Å². The third-order valence-corrected chi connectivity index (χ3v) is 4.81. The zero-order valence-corrected chi connectivity index (χ0v) is 24.0. The minimum absolute atomic E-state index is 0. The third kappa shape index (κ3) is 22.8. The van der Waals surface area contributed by atoms with Crippen molar-refractivity contribution in [1.82, 2.24) is 0 Å². The monoisotopic (exact) mass is 528 g/mol. The Kier molecular flexibility index (Phi) is 32.4. The zero-order valence-electron chi connectivity index (χ0n) is 22.3. The molecule has 0 aliphatic carbocycles. The molecule has 2 atom stereocenters. The molecule has 0 fully saturated rings. The van der Waals surface area contributed by atoms with Crippen LogP contribution in [0, 0.1) is 10.8 Å². The molecule has 0 radical (unpaired) electrons. The molecule has 0 bridgehead atoms. The minimum Gasteiger partial charge on any atom is -0.678 e. The zero-order chi connectivity index (χ0) is 25.0. The van der Waals surface area contributed by atoms with Crippen molar-refractivity contribution in [3.63, 3.8) is 0 Å². The Morgan fingerprint density at radius 3 is 0.968 bits per heavy atom. The maximum absolute atomic E-state index is 7.75. The number of hydrogen-bond acceptors (Lipinski definition) is 2. The first-order chi connectivity index (χ1) is 13.9. The molecule has 7 heteroatoms. The average Bonchev–Trinajstić information content (AvgIpc) is 2.70. The molecule has 0 heterocycles. The molecule has 31 heavy (non-hydrogen) atoms. The van der Waals surface area contributed by atoms with E-state index in [-0.39, 0.29) is 42.6 Å². The smallest absolute Gasteiger partial charge is 0.678 e.